The molecule has 0 fully saturated rings. The molecule has 1 aromatic carbocycles. The van der Waals surface area contributed by atoms with Crippen LogP contribution in [0.5, 0.6) is 5.75 Å². The third-order valence-electron chi connectivity index (χ3n) is 3.85. The van der Waals surface area contributed by atoms with Crippen LogP contribution in [0.25, 0.3) is 0 Å². The summed E-state index contributed by atoms with van der Waals surface area (Å²) in [7, 11) is 0. The third-order valence-corrected chi connectivity index (χ3v) is 3.85. The number of aromatic carboxylic acids is 1. The summed E-state index contributed by atoms with van der Waals surface area (Å²) in [6.45, 7) is 2.29. The molecule has 23 heavy (non-hydrogen) atoms. The second-order valence-electron chi connectivity index (χ2n) is 5.31. The molecule has 1 unspecified atom stereocenters. The molecule has 0 saturated heterocycles. The van der Waals surface area contributed by atoms with Crippen molar-refractivity contribution in [1.29, 1.82) is 0 Å². The van der Waals surface area contributed by atoms with E-state index >= 15 is 0 Å². The van der Waals surface area contributed by atoms with E-state index in [1.54, 1.807) is 6.92 Å². The molecular weight excluding hydrogens is 298 g/mol. The van der Waals surface area contributed by atoms with Gasteiger partial charge in [-0.15, -0.1) is 0 Å². The molecule has 120 valence electrons. The van der Waals surface area contributed by atoms with Gasteiger partial charge in [-0.25, -0.2) is 4.79 Å². The van der Waals surface area contributed by atoms with Gasteiger partial charge in [0.1, 0.15) is 17.1 Å². The van der Waals surface area contributed by atoms with Gasteiger partial charge in [0, 0.05) is 24.5 Å². The molecular formula is C17H17NO5. The summed E-state index contributed by atoms with van der Waals surface area (Å²) < 4.78 is 11.0. The lowest BCUT2D eigenvalue weighted by molar-refractivity contribution is 0.0694. The van der Waals surface area contributed by atoms with Crippen molar-refractivity contribution in [3.05, 3.63) is 53.0 Å². The summed E-state index contributed by atoms with van der Waals surface area (Å²) in [6, 6.07) is 8.62. The highest BCUT2D eigenvalue weighted by Crippen LogP contribution is 2.31. The Balaban J connectivity index is 1.82. The summed E-state index contributed by atoms with van der Waals surface area (Å²) in [4.78, 5) is 23.6. The molecule has 6 heteroatoms. The van der Waals surface area contributed by atoms with Gasteiger partial charge < -0.3 is 19.6 Å². The van der Waals surface area contributed by atoms with Crippen molar-refractivity contribution in [3.8, 4) is 5.75 Å². The first kappa shape index (κ1) is 15.1. The van der Waals surface area contributed by atoms with E-state index in [4.69, 9.17) is 14.3 Å². The molecule has 0 bridgehead atoms. The SMILES string of the molecule is CCc1oc(C(=O)NC2CCOc3ccccc32)cc1C(=O)O. The zero-order chi connectivity index (χ0) is 16.4. The average Bonchev–Trinajstić information content (AvgIpc) is 3.00. The van der Waals surface area contributed by atoms with Crippen molar-refractivity contribution in [3.63, 3.8) is 0 Å². The van der Waals surface area contributed by atoms with Crippen molar-refractivity contribution in [2.75, 3.05) is 6.61 Å². The number of hydrogen-bond donors (Lipinski definition) is 2. The Morgan fingerprint density at radius 1 is 1.35 bits per heavy atom. The monoisotopic (exact) mass is 315 g/mol. The maximum absolute atomic E-state index is 12.4. The normalized spacial score (nSPS) is 16.3. The van der Waals surface area contributed by atoms with Crippen LogP contribution in [0.2, 0.25) is 0 Å². The van der Waals surface area contributed by atoms with Crippen molar-refractivity contribution >= 4 is 11.9 Å². The molecule has 6 nitrogen and oxygen atoms in total. The van der Waals surface area contributed by atoms with Crippen LogP contribution in [-0.2, 0) is 6.42 Å². The van der Waals surface area contributed by atoms with E-state index in [1.165, 1.54) is 6.07 Å². The molecule has 1 aromatic heterocycles. The van der Waals surface area contributed by atoms with Gasteiger partial charge in [0.15, 0.2) is 5.76 Å². The number of amides is 1. The second kappa shape index (κ2) is 6.16. The standard InChI is InChI=1S/C17H17NO5/c1-2-13-11(17(20)21)9-15(23-13)16(19)18-12-7-8-22-14-6-4-3-5-10(12)14/h3-6,9,12H,2,7-8H2,1H3,(H,18,19)(H,20,21). The smallest absolute Gasteiger partial charge is 0.339 e. The first-order valence-corrected chi connectivity index (χ1v) is 7.48. The molecule has 2 N–H and O–H groups in total. The lowest BCUT2D eigenvalue weighted by Crippen LogP contribution is -2.31. The number of carbonyl (C=O) groups excluding carboxylic acids is 1. The highest BCUT2D eigenvalue weighted by Gasteiger charge is 2.26. The number of carboxylic acid groups (broad SMARTS) is 1. The molecule has 1 atom stereocenters. The number of ether oxygens (including phenoxy) is 1. The van der Waals surface area contributed by atoms with Crippen LogP contribution in [0.3, 0.4) is 0 Å². The van der Waals surface area contributed by atoms with Crippen LogP contribution in [0.4, 0.5) is 0 Å². The summed E-state index contributed by atoms with van der Waals surface area (Å²) in [5.41, 5.74) is 0.942. The molecule has 0 spiro atoms. The first-order valence-electron chi connectivity index (χ1n) is 7.48. The molecule has 2 aromatic rings. The van der Waals surface area contributed by atoms with Gasteiger partial charge >= 0.3 is 5.97 Å². The minimum Gasteiger partial charge on any atom is -0.493 e. The fraction of sp³-hybridized carbons (Fsp3) is 0.294. The quantitative estimate of drug-likeness (QED) is 0.905. The van der Waals surface area contributed by atoms with Gasteiger partial charge in [0.2, 0.25) is 0 Å². The Labute approximate surface area is 133 Å². The number of nitrogens with one attached hydrogen (secondary N) is 1. The van der Waals surface area contributed by atoms with Crippen LogP contribution in [-0.4, -0.2) is 23.6 Å². The van der Waals surface area contributed by atoms with Gasteiger partial charge in [-0.1, -0.05) is 25.1 Å². The van der Waals surface area contributed by atoms with Crippen LogP contribution in [0.15, 0.2) is 34.7 Å². The van der Waals surface area contributed by atoms with E-state index < -0.39 is 11.9 Å². The Morgan fingerprint density at radius 3 is 2.83 bits per heavy atom. The van der Waals surface area contributed by atoms with E-state index in [2.05, 4.69) is 5.32 Å². The maximum Gasteiger partial charge on any atom is 0.339 e. The number of rotatable bonds is 4. The predicted molar refractivity (Wildman–Crippen MR) is 81.8 cm³/mol. The number of hydrogen-bond acceptors (Lipinski definition) is 4. The Kier molecular flexibility index (Phi) is 4.06. The zero-order valence-electron chi connectivity index (χ0n) is 12.7. The van der Waals surface area contributed by atoms with Gasteiger partial charge in [-0.05, 0) is 6.07 Å². The van der Waals surface area contributed by atoms with E-state index in [0.29, 0.717) is 25.2 Å². The van der Waals surface area contributed by atoms with Gasteiger partial charge in [0.25, 0.3) is 5.91 Å². The summed E-state index contributed by atoms with van der Waals surface area (Å²) in [5.74, 6) is -0.447. The Bertz CT molecular complexity index is 749. The molecule has 0 radical (unpaired) electrons. The van der Waals surface area contributed by atoms with Crippen molar-refractivity contribution < 1.29 is 23.8 Å². The van der Waals surface area contributed by atoms with Crippen molar-refractivity contribution in [1.82, 2.24) is 5.32 Å². The zero-order valence-corrected chi connectivity index (χ0v) is 12.7. The van der Waals surface area contributed by atoms with E-state index in [1.807, 2.05) is 24.3 Å². The fourth-order valence-electron chi connectivity index (χ4n) is 2.71. The fourth-order valence-corrected chi connectivity index (χ4v) is 2.71. The van der Waals surface area contributed by atoms with Gasteiger partial charge in [0.05, 0.1) is 12.6 Å². The van der Waals surface area contributed by atoms with E-state index in [0.717, 1.165) is 11.3 Å². The molecule has 1 aliphatic rings. The molecule has 1 aliphatic heterocycles. The van der Waals surface area contributed by atoms with Crippen LogP contribution in [0, 0.1) is 0 Å². The van der Waals surface area contributed by atoms with E-state index in [9.17, 15) is 9.59 Å². The lowest BCUT2D eigenvalue weighted by atomic mass is 10.0. The van der Waals surface area contributed by atoms with Gasteiger partial charge in [-0.2, -0.15) is 0 Å². The summed E-state index contributed by atoms with van der Waals surface area (Å²) >= 11 is 0. The highest BCUT2D eigenvalue weighted by atomic mass is 16.5. The minimum absolute atomic E-state index is 0.0169. The first-order chi connectivity index (χ1) is 11.1. The lowest BCUT2D eigenvalue weighted by Gasteiger charge is -2.26. The number of benzene rings is 1. The molecule has 0 aliphatic carbocycles. The van der Waals surface area contributed by atoms with Crippen LogP contribution < -0.4 is 10.1 Å². The third kappa shape index (κ3) is 2.92. The Morgan fingerprint density at radius 2 is 2.13 bits per heavy atom. The average molecular weight is 315 g/mol. The molecule has 1 amide bonds. The van der Waals surface area contributed by atoms with Crippen molar-refractivity contribution in [2.45, 2.75) is 25.8 Å². The summed E-state index contributed by atoms with van der Waals surface area (Å²) in [6.07, 6.45) is 1.06. The largest absolute Gasteiger partial charge is 0.493 e. The number of fused-ring (bicyclic) bond motifs is 1. The molecule has 0 saturated carbocycles. The van der Waals surface area contributed by atoms with Crippen LogP contribution in [0.1, 0.15) is 51.6 Å². The summed E-state index contributed by atoms with van der Waals surface area (Å²) in [5, 5.41) is 12.0. The maximum atomic E-state index is 12.4. The topological polar surface area (TPSA) is 88.8 Å². The van der Waals surface area contributed by atoms with Gasteiger partial charge in [-0.3, -0.25) is 4.79 Å². The van der Waals surface area contributed by atoms with Crippen molar-refractivity contribution in [2.24, 2.45) is 0 Å². The number of carboxylic acids is 1. The highest BCUT2D eigenvalue weighted by molar-refractivity contribution is 5.96. The molecule has 3 rings (SSSR count). The molecule has 2 heterocycles. The predicted octanol–water partition coefficient (Wildman–Crippen LogP) is 2.79. The van der Waals surface area contributed by atoms with E-state index in [-0.39, 0.29) is 17.4 Å². The number of carbonyl (C=O) groups is 2. The number of para-hydroxylation sites is 1. The Hall–Kier alpha value is -2.76. The number of furan rings is 1. The van der Waals surface area contributed by atoms with Crippen LogP contribution >= 0.6 is 0 Å². The number of aryl methyl sites for hydroxylation is 1. The second-order valence-corrected chi connectivity index (χ2v) is 5.31. The minimum atomic E-state index is -1.10.